The molecule has 0 aliphatic carbocycles. The van der Waals surface area contributed by atoms with Crippen LogP contribution in [0.25, 0.3) is 0 Å². The van der Waals surface area contributed by atoms with Crippen molar-refractivity contribution in [1.82, 2.24) is 19.8 Å². The lowest BCUT2D eigenvalue weighted by atomic mass is 10.1. The number of carbonyl (C=O) groups is 1. The lowest BCUT2D eigenvalue weighted by Gasteiger charge is -2.36. The van der Waals surface area contributed by atoms with Gasteiger partial charge in [0.25, 0.3) is 0 Å². The van der Waals surface area contributed by atoms with Crippen molar-refractivity contribution in [2.75, 3.05) is 52.1 Å². The van der Waals surface area contributed by atoms with Crippen LogP contribution >= 0.6 is 0 Å². The molecule has 9 nitrogen and oxygen atoms in total. The first kappa shape index (κ1) is 21.5. The maximum atomic E-state index is 11.8. The van der Waals surface area contributed by atoms with Crippen LogP contribution in [0.1, 0.15) is 27.7 Å². The Morgan fingerprint density at radius 2 is 1.72 bits per heavy atom. The highest BCUT2D eigenvalue weighted by Gasteiger charge is 2.25. The third kappa shape index (κ3) is 7.91. The Balaban J connectivity index is 2.69. The average Bonchev–Trinajstić information content (AvgIpc) is 2.49. The van der Waals surface area contributed by atoms with Gasteiger partial charge in [0, 0.05) is 38.3 Å². The lowest BCUT2D eigenvalue weighted by molar-refractivity contribution is 0.0914. The topological polar surface area (TPSA) is 103 Å². The van der Waals surface area contributed by atoms with Gasteiger partial charge in [0.05, 0.1) is 19.4 Å². The summed E-state index contributed by atoms with van der Waals surface area (Å²) in [6, 6.07) is 0. The van der Waals surface area contributed by atoms with Gasteiger partial charge in [-0.1, -0.05) is 0 Å². The Morgan fingerprint density at radius 1 is 1.16 bits per heavy atom. The summed E-state index contributed by atoms with van der Waals surface area (Å²) in [6.45, 7) is 11.1. The van der Waals surface area contributed by atoms with Crippen LogP contribution in [0.4, 0.5) is 4.79 Å². The van der Waals surface area contributed by atoms with Gasteiger partial charge in [0.1, 0.15) is 0 Å². The van der Waals surface area contributed by atoms with Crippen LogP contribution in [0.3, 0.4) is 0 Å². The minimum atomic E-state index is -3.30. The maximum absolute atomic E-state index is 11.8. The molecule has 10 heteroatoms. The summed E-state index contributed by atoms with van der Waals surface area (Å²) >= 11 is 0. The van der Waals surface area contributed by atoms with Crippen molar-refractivity contribution in [1.29, 1.82) is 0 Å². The number of carbonyl (C=O) groups excluding carboxylic acids is 1. The molecule has 1 fully saturated rings. The van der Waals surface area contributed by atoms with Gasteiger partial charge in [-0.15, -0.1) is 0 Å². The molecule has 0 aromatic carbocycles. The van der Waals surface area contributed by atoms with E-state index in [9.17, 15) is 13.2 Å². The molecule has 0 radical (unpaired) electrons. The first-order valence-corrected chi connectivity index (χ1v) is 10.4. The van der Waals surface area contributed by atoms with E-state index in [0.29, 0.717) is 45.9 Å². The van der Waals surface area contributed by atoms with Crippen molar-refractivity contribution >= 4 is 22.1 Å². The van der Waals surface area contributed by atoms with Crippen LogP contribution in [0, 0.1) is 0 Å². The molecule has 0 atom stereocenters. The zero-order valence-electron chi connectivity index (χ0n) is 15.8. The highest BCUT2D eigenvalue weighted by atomic mass is 32.2. The van der Waals surface area contributed by atoms with E-state index >= 15 is 0 Å². The standard InChI is InChI=1S/C15H31N5O4S/c1-6-16-13(17-12-15(3,4)18-25(5,22)23)19-8-10-20(11-9-19)14(21)24-7-2/h18H,6-12H2,1-5H3,(H,16,17). The summed E-state index contributed by atoms with van der Waals surface area (Å²) in [4.78, 5) is 20.1. The van der Waals surface area contributed by atoms with Gasteiger partial charge in [-0.25, -0.2) is 17.9 Å². The molecule has 0 spiro atoms. The van der Waals surface area contributed by atoms with Crippen molar-refractivity contribution in [3.05, 3.63) is 0 Å². The molecule has 25 heavy (non-hydrogen) atoms. The van der Waals surface area contributed by atoms with Gasteiger partial charge in [-0.05, 0) is 27.7 Å². The van der Waals surface area contributed by atoms with Crippen molar-refractivity contribution < 1.29 is 17.9 Å². The fourth-order valence-electron chi connectivity index (χ4n) is 2.55. The van der Waals surface area contributed by atoms with E-state index in [2.05, 4.69) is 19.9 Å². The molecule has 0 aromatic heterocycles. The highest BCUT2D eigenvalue weighted by Crippen LogP contribution is 2.08. The molecule has 0 saturated carbocycles. The monoisotopic (exact) mass is 377 g/mol. The van der Waals surface area contributed by atoms with E-state index in [-0.39, 0.29) is 6.09 Å². The quantitative estimate of drug-likeness (QED) is 0.501. The molecule has 146 valence electrons. The number of nitrogens with one attached hydrogen (secondary N) is 2. The molecular weight excluding hydrogens is 346 g/mol. The third-order valence-electron chi connectivity index (χ3n) is 3.53. The number of hydrogen-bond acceptors (Lipinski definition) is 5. The number of ether oxygens (including phenoxy) is 1. The average molecular weight is 378 g/mol. The maximum Gasteiger partial charge on any atom is 0.409 e. The predicted octanol–water partition coefficient (Wildman–Crippen LogP) is 0.0538. The summed E-state index contributed by atoms with van der Waals surface area (Å²) in [5, 5.41) is 3.22. The number of guanidine groups is 1. The molecule has 1 heterocycles. The Hall–Kier alpha value is -1.55. The number of amides is 1. The van der Waals surface area contributed by atoms with Gasteiger partial charge in [-0.3, -0.25) is 4.99 Å². The second-order valence-corrected chi connectivity index (χ2v) is 8.35. The minimum absolute atomic E-state index is 0.289. The molecule has 1 amide bonds. The number of rotatable bonds is 6. The molecule has 1 saturated heterocycles. The van der Waals surface area contributed by atoms with Crippen molar-refractivity contribution in [2.45, 2.75) is 33.2 Å². The molecular formula is C15H31N5O4S. The summed E-state index contributed by atoms with van der Waals surface area (Å²) in [7, 11) is -3.30. The second kappa shape index (κ2) is 9.23. The zero-order chi connectivity index (χ0) is 19.1. The summed E-state index contributed by atoms with van der Waals surface area (Å²) < 4.78 is 30.5. The van der Waals surface area contributed by atoms with E-state index in [1.165, 1.54) is 0 Å². The number of piperazine rings is 1. The van der Waals surface area contributed by atoms with Crippen LogP contribution in [-0.4, -0.2) is 87.9 Å². The van der Waals surface area contributed by atoms with E-state index in [4.69, 9.17) is 4.74 Å². The normalized spacial score (nSPS) is 16.8. The minimum Gasteiger partial charge on any atom is -0.450 e. The Bertz CT molecular complexity index is 568. The van der Waals surface area contributed by atoms with Crippen LogP contribution in [0.5, 0.6) is 0 Å². The van der Waals surface area contributed by atoms with Gasteiger partial charge < -0.3 is 19.9 Å². The number of nitrogens with zero attached hydrogens (tertiary/aromatic N) is 3. The lowest BCUT2D eigenvalue weighted by Crippen LogP contribution is -2.54. The van der Waals surface area contributed by atoms with Crippen molar-refractivity contribution in [2.24, 2.45) is 4.99 Å². The van der Waals surface area contributed by atoms with Crippen LogP contribution < -0.4 is 10.0 Å². The number of sulfonamides is 1. The summed E-state index contributed by atoms with van der Waals surface area (Å²) in [5.41, 5.74) is -0.680. The number of hydrogen-bond donors (Lipinski definition) is 2. The molecule has 2 N–H and O–H groups in total. The van der Waals surface area contributed by atoms with Gasteiger partial charge in [0.2, 0.25) is 10.0 Å². The molecule has 1 aliphatic rings. The Morgan fingerprint density at radius 3 is 2.20 bits per heavy atom. The Labute approximate surface area is 150 Å². The van der Waals surface area contributed by atoms with Crippen LogP contribution in [0.15, 0.2) is 4.99 Å². The van der Waals surface area contributed by atoms with E-state index in [1.54, 1.807) is 25.7 Å². The fourth-order valence-corrected chi connectivity index (χ4v) is 3.62. The van der Waals surface area contributed by atoms with E-state index in [0.717, 1.165) is 12.2 Å². The van der Waals surface area contributed by atoms with Gasteiger partial charge in [-0.2, -0.15) is 0 Å². The van der Waals surface area contributed by atoms with Gasteiger partial charge >= 0.3 is 6.09 Å². The second-order valence-electron chi connectivity index (χ2n) is 6.60. The highest BCUT2D eigenvalue weighted by molar-refractivity contribution is 7.88. The predicted molar refractivity (Wildman–Crippen MR) is 98.2 cm³/mol. The van der Waals surface area contributed by atoms with E-state index < -0.39 is 15.6 Å². The molecule has 1 rings (SSSR count). The number of aliphatic imine (C=N–C) groups is 1. The summed E-state index contributed by atoms with van der Waals surface area (Å²) in [6.07, 6.45) is 0.848. The van der Waals surface area contributed by atoms with Crippen molar-refractivity contribution in [3.63, 3.8) is 0 Å². The van der Waals surface area contributed by atoms with E-state index in [1.807, 2.05) is 6.92 Å². The SMILES string of the molecule is CCNC(=NCC(C)(C)NS(C)(=O)=O)N1CCN(C(=O)OCC)CC1. The largest absolute Gasteiger partial charge is 0.450 e. The molecule has 1 aliphatic heterocycles. The Kier molecular flexibility index (Phi) is 7.94. The smallest absolute Gasteiger partial charge is 0.409 e. The molecule has 0 aromatic rings. The van der Waals surface area contributed by atoms with Crippen molar-refractivity contribution in [3.8, 4) is 0 Å². The first-order chi connectivity index (χ1) is 11.6. The summed E-state index contributed by atoms with van der Waals surface area (Å²) in [5.74, 6) is 0.717. The zero-order valence-corrected chi connectivity index (χ0v) is 16.6. The molecule has 0 unspecified atom stereocenters. The molecule has 0 bridgehead atoms. The van der Waals surface area contributed by atoms with Crippen LogP contribution in [0.2, 0.25) is 0 Å². The van der Waals surface area contributed by atoms with Gasteiger partial charge in [0.15, 0.2) is 5.96 Å². The first-order valence-electron chi connectivity index (χ1n) is 8.52. The van der Waals surface area contributed by atoms with Crippen LogP contribution in [-0.2, 0) is 14.8 Å². The fraction of sp³-hybridized carbons (Fsp3) is 0.867. The third-order valence-corrected chi connectivity index (χ3v) is 4.45.